The normalized spacial score (nSPS) is 22.1. The van der Waals surface area contributed by atoms with Gasteiger partial charge in [-0.1, -0.05) is 6.92 Å². The van der Waals surface area contributed by atoms with Gasteiger partial charge < -0.3 is 15.2 Å². The van der Waals surface area contributed by atoms with Crippen LogP contribution < -0.4 is 5.32 Å². The number of ether oxygens (including phenoxy) is 1. The zero-order valence-electron chi connectivity index (χ0n) is 13.3. The summed E-state index contributed by atoms with van der Waals surface area (Å²) in [6.07, 6.45) is -1.93. The Balaban J connectivity index is 2.04. The lowest BCUT2D eigenvalue weighted by atomic mass is 10.1. The van der Waals surface area contributed by atoms with Gasteiger partial charge in [0.2, 0.25) is 12.4 Å². The molecule has 2 aromatic heterocycles. The number of aliphatic hydroxyl groups is 1. The Morgan fingerprint density at radius 2 is 2.28 bits per heavy atom. The van der Waals surface area contributed by atoms with Gasteiger partial charge >= 0.3 is 0 Å². The lowest BCUT2D eigenvalue weighted by molar-refractivity contribution is -0.0136. The van der Waals surface area contributed by atoms with Crippen molar-refractivity contribution in [2.75, 3.05) is 18.5 Å². The quantitative estimate of drug-likeness (QED) is 0.866. The zero-order valence-corrected chi connectivity index (χ0v) is 13.3. The van der Waals surface area contributed by atoms with Gasteiger partial charge in [0.1, 0.15) is 17.1 Å². The topological polar surface area (TPSA) is 95.5 Å². The van der Waals surface area contributed by atoms with Gasteiger partial charge in [-0.25, -0.2) is 22.7 Å². The third-order valence-corrected chi connectivity index (χ3v) is 4.22. The van der Waals surface area contributed by atoms with E-state index in [0.717, 1.165) is 10.7 Å². The molecular weight excluding hydrogens is 339 g/mol. The first-order chi connectivity index (χ1) is 11.9. The minimum Gasteiger partial charge on any atom is -0.389 e. The Morgan fingerprint density at radius 3 is 2.92 bits per heavy atom. The van der Waals surface area contributed by atoms with Crippen LogP contribution in [0, 0.1) is 17.1 Å². The van der Waals surface area contributed by atoms with E-state index in [9.17, 15) is 18.3 Å². The van der Waals surface area contributed by atoms with Crippen LogP contribution in [0.3, 0.4) is 0 Å². The van der Waals surface area contributed by atoms with Crippen molar-refractivity contribution in [1.82, 2.24) is 14.6 Å². The molecule has 2 N–H and O–H groups in total. The minimum atomic E-state index is -2.78. The summed E-state index contributed by atoms with van der Waals surface area (Å²) in [4.78, 5) is 3.96. The maximum atomic E-state index is 14.3. The number of halogens is 3. The highest BCUT2D eigenvalue weighted by molar-refractivity contribution is 5.58. The van der Waals surface area contributed by atoms with Gasteiger partial charge in [0.15, 0.2) is 5.82 Å². The first kappa shape index (κ1) is 17.4. The summed E-state index contributed by atoms with van der Waals surface area (Å²) < 4.78 is 46.7. The fourth-order valence-corrected chi connectivity index (χ4v) is 2.80. The van der Waals surface area contributed by atoms with Crippen LogP contribution in [0.25, 0.3) is 5.52 Å². The van der Waals surface area contributed by atoms with E-state index in [2.05, 4.69) is 15.4 Å². The summed E-state index contributed by atoms with van der Waals surface area (Å²) in [5.41, 5.74) is -0.828. The molecule has 0 radical (unpaired) electrons. The molecule has 25 heavy (non-hydrogen) atoms. The molecule has 7 nitrogen and oxygen atoms in total. The zero-order chi connectivity index (χ0) is 18.1. The van der Waals surface area contributed by atoms with Crippen molar-refractivity contribution < 1.29 is 23.0 Å². The number of hydrogen-bond acceptors (Lipinski definition) is 6. The lowest BCUT2D eigenvalue weighted by Crippen LogP contribution is -2.42. The molecular formula is C15H16F3N5O2. The predicted octanol–water partition coefficient (Wildman–Crippen LogP) is 1.67. The molecule has 1 fully saturated rings. The van der Waals surface area contributed by atoms with E-state index in [1.54, 1.807) is 6.07 Å². The van der Waals surface area contributed by atoms with Crippen molar-refractivity contribution in [1.29, 1.82) is 5.26 Å². The molecule has 3 heterocycles. The van der Waals surface area contributed by atoms with Crippen LogP contribution in [-0.4, -0.2) is 51.5 Å². The summed E-state index contributed by atoms with van der Waals surface area (Å²) in [7, 11) is 0. The second-order valence-corrected chi connectivity index (χ2v) is 5.87. The van der Waals surface area contributed by atoms with Gasteiger partial charge in [0, 0.05) is 6.61 Å². The molecule has 0 amide bonds. The monoisotopic (exact) mass is 355 g/mol. The van der Waals surface area contributed by atoms with Gasteiger partial charge in [0.05, 0.1) is 36.6 Å². The van der Waals surface area contributed by atoms with Crippen LogP contribution in [0.1, 0.15) is 30.5 Å². The van der Waals surface area contributed by atoms with E-state index >= 15 is 0 Å². The SMILES string of the molecule is CC(c1c(C#N)c(F)c2cnc(N[C@@H]3CCOC[C@H]3O)nn12)C(F)F. The Kier molecular flexibility index (Phi) is 4.78. The summed E-state index contributed by atoms with van der Waals surface area (Å²) in [6, 6.07) is 1.25. The molecule has 0 aliphatic carbocycles. The maximum Gasteiger partial charge on any atom is 0.246 e. The van der Waals surface area contributed by atoms with Crippen LogP contribution in [0.5, 0.6) is 0 Å². The second-order valence-electron chi connectivity index (χ2n) is 5.87. The molecule has 10 heteroatoms. The van der Waals surface area contributed by atoms with E-state index in [1.807, 2.05) is 0 Å². The van der Waals surface area contributed by atoms with Crippen molar-refractivity contribution in [2.45, 2.75) is 37.8 Å². The molecule has 0 bridgehead atoms. The largest absolute Gasteiger partial charge is 0.389 e. The van der Waals surface area contributed by atoms with Gasteiger partial charge in [-0.3, -0.25) is 0 Å². The van der Waals surface area contributed by atoms with Crippen LogP contribution >= 0.6 is 0 Å². The average molecular weight is 355 g/mol. The smallest absolute Gasteiger partial charge is 0.246 e. The van der Waals surface area contributed by atoms with Crippen molar-refractivity contribution >= 4 is 11.5 Å². The van der Waals surface area contributed by atoms with Crippen LogP contribution in [0.2, 0.25) is 0 Å². The van der Waals surface area contributed by atoms with Crippen molar-refractivity contribution in [3.05, 3.63) is 23.3 Å². The highest BCUT2D eigenvalue weighted by atomic mass is 19.3. The molecule has 134 valence electrons. The summed E-state index contributed by atoms with van der Waals surface area (Å²) in [5.74, 6) is -2.27. The fourth-order valence-electron chi connectivity index (χ4n) is 2.80. The van der Waals surface area contributed by atoms with E-state index in [4.69, 9.17) is 10.00 Å². The van der Waals surface area contributed by atoms with E-state index < -0.39 is 29.8 Å². The van der Waals surface area contributed by atoms with Gasteiger partial charge in [-0.05, 0) is 6.42 Å². The highest BCUT2D eigenvalue weighted by Crippen LogP contribution is 2.30. The van der Waals surface area contributed by atoms with Gasteiger partial charge in [0.25, 0.3) is 0 Å². The minimum absolute atomic E-state index is 0.0423. The first-order valence-corrected chi connectivity index (χ1v) is 7.71. The Hall–Kier alpha value is -2.38. The number of nitrogens with one attached hydrogen (secondary N) is 1. The number of aromatic nitrogens is 3. The first-order valence-electron chi connectivity index (χ1n) is 7.71. The molecule has 1 saturated heterocycles. The van der Waals surface area contributed by atoms with Crippen molar-refractivity contribution in [3.8, 4) is 6.07 Å². The molecule has 0 saturated carbocycles. The van der Waals surface area contributed by atoms with E-state index in [0.29, 0.717) is 13.0 Å². The molecule has 0 aromatic carbocycles. The highest BCUT2D eigenvalue weighted by Gasteiger charge is 2.30. The summed E-state index contributed by atoms with van der Waals surface area (Å²) in [6.45, 7) is 1.80. The number of anilines is 1. The third-order valence-electron chi connectivity index (χ3n) is 4.22. The number of fused-ring (bicyclic) bond motifs is 1. The molecule has 2 aromatic rings. The van der Waals surface area contributed by atoms with Crippen molar-refractivity contribution in [3.63, 3.8) is 0 Å². The molecule has 1 aliphatic rings. The van der Waals surface area contributed by atoms with Gasteiger partial charge in [-0.15, -0.1) is 5.10 Å². The summed E-state index contributed by atoms with van der Waals surface area (Å²) >= 11 is 0. The fraction of sp³-hybridized carbons (Fsp3) is 0.533. The van der Waals surface area contributed by atoms with Crippen LogP contribution in [0.4, 0.5) is 19.1 Å². The lowest BCUT2D eigenvalue weighted by Gasteiger charge is -2.28. The number of nitrogens with zero attached hydrogens (tertiary/aromatic N) is 4. The Labute approximate surface area is 141 Å². The third kappa shape index (κ3) is 3.12. The van der Waals surface area contributed by atoms with Crippen molar-refractivity contribution in [2.24, 2.45) is 0 Å². The molecule has 1 unspecified atom stereocenters. The summed E-state index contributed by atoms with van der Waals surface area (Å²) in [5, 5.41) is 26.0. The number of hydrogen-bond donors (Lipinski definition) is 2. The standard InChI is InChI=1S/C15H16F3N5O2/c1-7(14(17)18)13-8(4-19)12(16)10-5-20-15(22-23(10)13)21-9-2-3-25-6-11(9)24/h5,7,9,11,14,24H,2-3,6H2,1H3,(H,21,22)/t7?,9-,11-/m1/s1. The molecule has 3 rings (SSSR count). The van der Waals surface area contributed by atoms with Gasteiger partial charge in [-0.2, -0.15) is 5.26 Å². The van der Waals surface area contributed by atoms with Crippen LogP contribution in [0.15, 0.2) is 6.20 Å². The molecule has 3 atom stereocenters. The number of rotatable bonds is 4. The van der Waals surface area contributed by atoms with E-state index in [1.165, 1.54) is 6.92 Å². The van der Waals surface area contributed by atoms with Crippen LogP contribution in [-0.2, 0) is 4.74 Å². The number of alkyl halides is 2. The maximum absolute atomic E-state index is 14.3. The molecule has 1 aliphatic heterocycles. The van der Waals surface area contributed by atoms with E-state index in [-0.39, 0.29) is 29.8 Å². The molecule has 0 spiro atoms. The second kappa shape index (κ2) is 6.85. The average Bonchev–Trinajstić information content (AvgIpc) is 2.87. The number of nitriles is 1. The Bertz CT molecular complexity index is 820. The number of aliphatic hydroxyl groups excluding tert-OH is 1. The Morgan fingerprint density at radius 1 is 1.52 bits per heavy atom. The predicted molar refractivity (Wildman–Crippen MR) is 80.9 cm³/mol.